The van der Waals surface area contributed by atoms with Gasteiger partial charge in [0.15, 0.2) is 12.4 Å². The fraction of sp³-hybridized carbons (Fsp3) is 0.778. The summed E-state index contributed by atoms with van der Waals surface area (Å²) >= 11 is 0. The zero-order valence-corrected chi connectivity index (χ0v) is 8.63. The lowest BCUT2D eigenvalue weighted by molar-refractivity contribution is 0.253. The molecule has 0 aromatic rings. The maximum Gasteiger partial charge on any atom is 0.195 e. The van der Waals surface area contributed by atoms with E-state index in [1.54, 1.807) is 0 Å². The first-order valence-corrected chi connectivity index (χ1v) is 5.28. The van der Waals surface area contributed by atoms with Crippen molar-refractivity contribution >= 4 is 11.7 Å². The highest BCUT2D eigenvalue weighted by molar-refractivity contribution is 6.08. The molecule has 0 radical (unpaired) electrons. The number of aliphatic hydroxyl groups is 1. The van der Waals surface area contributed by atoms with E-state index in [0.29, 0.717) is 5.84 Å². The van der Waals surface area contributed by atoms with Crippen molar-refractivity contribution in [3.8, 4) is 0 Å². The van der Waals surface area contributed by atoms with E-state index in [0.717, 1.165) is 25.9 Å². The van der Waals surface area contributed by atoms with Gasteiger partial charge in [-0.2, -0.15) is 0 Å². The molecule has 6 heteroatoms. The molecule has 0 spiro atoms. The Balaban J connectivity index is 2.13. The lowest BCUT2D eigenvalue weighted by atomic mass is 10.1. The van der Waals surface area contributed by atoms with Crippen molar-refractivity contribution in [2.45, 2.75) is 31.7 Å². The van der Waals surface area contributed by atoms with E-state index in [2.05, 4.69) is 14.9 Å². The highest BCUT2D eigenvalue weighted by Crippen LogP contribution is 2.13. The summed E-state index contributed by atoms with van der Waals surface area (Å²) in [6.45, 7) is 1.83. The van der Waals surface area contributed by atoms with Gasteiger partial charge < -0.3 is 15.7 Å². The molecule has 6 nitrogen and oxygen atoms in total. The molecule has 2 rings (SSSR count). The molecule has 0 aliphatic carbocycles. The van der Waals surface area contributed by atoms with Gasteiger partial charge in [-0.25, -0.2) is 9.98 Å². The molecule has 1 fully saturated rings. The Labute approximate surface area is 88.7 Å². The minimum absolute atomic E-state index is 0.165. The van der Waals surface area contributed by atoms with Gasteiger partial charge in [-0.1, -0.05) is 0 Å². The Morgan fingerprint density at radius 1 is 1.20 bits per heavy atom. The summed E-state index contributed by atoms with van der Waals surface area (Å²) in [6.07, 6.45) is 1.93. The van der Waals surface area contributed by atoms with E-state index in [9.17, 15) is 5.11 Å². The van der Waals surface area contributed by atoms with Crippen LogP contribution in [0.4, 0.5) is 0 Å². The third kappa shape index (κ3) is 2.10. The van der Waals surface area contributed by atoms with Gasteiger partial charge in [0.2, 0.25) is 0 Å². The first-order valence-electron chi connectivity index (χ1n) is 5.28. The first-order chi connectivity index (χ1) is 7.18. The Bertz CT molecular complexity index is 295. The predicted molar refractivity (Wildman–Crippen MR) is 58.5 cm³/mol. The van der Waals surface area contributed by atoms with Crippen LogP contribution in [0.5, 0.6) is 0 Å². The van der Waals surface area contributed by atoms with Crippen LogP contribution in [0.1, 0.15) is 19.3 Å². The monoisotopic (exact) mass is 211 g/mol. The lowest BCUT2D eigenvalue weighted by Crippen LogP contribution is -2.51. The number of nitrogens with two attached hydrogens (primary N) is 2. The summed E-state index contributed by atoms with van der Waals surface area (Å²) in [5.74, 6) is 0.743. The smallest absolute Gasteiger partial charge is 0.195 e. The van der Waals surface area contributed by atoms with Crippen LogP contribution in [-0.4, -0.2) is 47.2 Å². The van der Waals surface area contributed by atoms with Crippen LogP contribution >= 0.6 is 0 Å². The quantitative estimate of drug-likeness (QED) is 0.470. The fourth-order valence-corrected chi connectivity index (χ4v) is 1.97. The standard InChI is InChI=1S/C9H17N5O/c10-7-6(15)8(13-9(11)12-7)14-4-2-1-3-5-14/h6,9,15H,1-5,11H2,(H2,10,12). The van der Waals surface area contributed by atoms with E-state index >= 15 is 0 Å². The number of aliphatic hydroxyl groups excluding tert-OH is 1. The Kier molecular flexibility index (Phi) is 2.88. The van der Waals surface area contributed by atoms with E-state index in [4.69, 9.17) is 11.5 Å². The van der Waals surface area contributed by atoms with Crippen LogP contribution in [0.15, 0.2) is 9.98 Å². The Morgan fingerprint density at radius 3 is 2.53 bits per heavy atom. The van der Waals surface area contributed by atoms with E-state index in [1.165, 1.54) is 6.42 Å². The number of likely N-dealkylation sites (tertiary alicyclic amines) is 1. The Morgan fingerprint density at radius 2 is 1.87 bits per heavy atom. The van der Waals surface area contributed by atoms with Crippen molar-refractivity contribution < 1.29 is 5.11 Å². The number of rotatable bonds is 0. The molecule has 2 heterocycles. The van der Waals surface area contributed by atoms with Gasteiger partial charge >= 0.3 is 0 Å². The lowest BCUT2D eigenvalue weighted by Gasteiger charge is -2.33. The van der Waals surface area contributed by atoms with Crippen molar-refractivity contribution in [3.63, 3.8) is 0 Å². The summed E-state index contributed by atoms with van der Waals surface area (Å²) < 4.78 is 0. The van der Waals surface area contributed by atoms with Gasteiger partial charge in [0.05, 0.1) is 0 Å². The minimum atomic E-state index is -0.886. The summed E-state index contributed by atoms with van der Waals surface area (Å²) in [5.41, 5.74) is 11.2. The molecule has 2 aliphatic heterocycles. The number of piperidine rings is 1. The number of hydrogen-bond donors (Lipinski definition) is 3. The molecule has 2 unspecified atom stereocenters. The van der Waals surface area contributed by atoms with E-state index in [-0.39, 0.29) is 5.84 Å². The zero-order valence-electron chi connectivity index (χ0n) is 8.63. The first kappa shape index (κ1) is 10.4. The van der Waals surface area contributed by atoms with Crippen molar-refractivity contribution in [2.24, 2.45) is 21.5 Å². The van der Waals surface area contributed by atoms with Crippen LogP contribution in [0, 0.1) is 0 Å². The van der Waals surface area contributed by atoms with Gasteiger partial charge in [-0.15, -0.1) is 0 Å². The largest absolute Gasteiger partial charge is 0.385 e. The van der Waals surface area contributed by atoms with Crippen LogP contribution in [-0.2, 0) is 0 Å². The second-order valence-corrected chi connectivity index (χ2v) is 3.91. The Hall–Kier alpha value is -1.14. The number of aliphatic imine (C=N–C) groups is 2. The predicted octanol–water partition coefficient (Wildman–Crippen LogP) is -1.16. The van der Waals surface area contributed by atoms with Crippen molar-refractivity contribution in [1.29, 1.82) is 0 Å². The molecular weight excluding hydrogens is 194 g/mol. The maximum atomic E-state index is 9.82. The summed E-state index contributed by atoms with van der Waals surface area (Å²) in [4.78, 5) is 10.0. The molecule has 0 saturated carbocycles. The summed E-state index contributed by atoms with van der Waals surface area (Å²) in [6, 6.07) is 0. The minimum Gasteiger partial charge on any atom is -0.385 e. The molecule has 0 aromatic carbocycles. The van der Waals surface area contributed by atoms with Gasteiger partial charge in [0.1, 0.15) is 11.7 Å². The number of nitrogens with zero attached hydrogens (tertiary/aromatic N) is 3. The second kappa shape index (κ2) is 4.16. The van der Waals surface area contributed by atoms with Gasteiger partial charge in [0.25, 0.3) is 0 Å². The topological polar surface area (TPSA) is 100 Å². The highest BCUT2D eigenvalue weighted by atomic mass is 16.3. The van der Waals surface area contributed by atoms with Gasteiger partial charge in [0, 0.05) is 13.1 Å². The maximum absolute atomic E-state index is 9.82. The third-order valence-electron chi connectivity index (χ3n) is 2.75. The molecule has 0 amide bonds. The van der Waals surface area contributed by atoms with E-state index in [1.807, 2.05) is 0 Å². The van der Waals surface area contributed by atoms with Gasteiger partial charge in [-0.3, -0.25) is 5.73 Å². The molecular formula is C9H17N5O. The average Bonchev–Trinajstić information content (AvgIpc) is 2.24. The summed E-state index contributed by atoms with van der Waals surface area (Å²) in [5, 5.41) is 9.82. The van der Waals surface area contributed by atoms with E-state index < -0.39 is 12.4 Å². The SMILES string of the molecule is NC1=NC(N)N=C(N2CCCCC2)C1O. The van der Waals surface area contributed by atoms with Gasteiger partial charge in [-0.05, 0) is 19.3 Å². The third-order valence-corrected chi connectivity index (χ3v) is 2.75. The second-order valence-electron chi connectivity index (χ2n) is 3.91. The molecule has 5 N–H and O–H groups in total. The van der Waals surface area contributed by atoms with Crippen LogP contribution in [0.25, 0.3) is 0 Å². The molecule has 84 valence electrons. The molecule has 1 saturated heterocycles. The van der Waals surface area contributed by atoms with Crippen molar-refractivity contribution in [2.75, 3.05) is 13.1 Å². The van der Waals surface area contributed by atoms with Crippen LogP contribution in [0.2, 0.25) is 0 Å². The number of amidine groups is 2. The molecule has 0 aromatic heterocycles. The summed E-state index contributed by atoms with van der Waals surface area (Å²) in [7, 11) is 0. The van der Waals surface area contributed by atoms with Crippen LogP contribution in [0.3, 0.4) is 0 Å². The highest BCUT2D eigenvalue weighted by Gasteiger charge is 2.28. The molecule has 2 aliphatic rings. The number of hydrogen-bond acceptors (Lipinski definition) is 6. The zero-order chi connectivity index (χ0) is 10.8. The average molecular weight is 211 g/mol. The fourth-order valence-electron chi connectivity index (χ4n) is 1.97. The normalized spacial score (nSPS) is 32.3. The molecule has 2 atom stereocenters. The van der Waals surface area contributed by atoms with Crippen molar-refractivity contribution in [3.05, 3.63) is 0 Å². The molecule has 0 bridgehead atoms. The molecule has 15 heavy (non-hydrogen) atoms. The van der Waals surface area contributed by atoms with Crippen LogP contribution < -0.4 is 11.5 Å². The van der Waals surface area contributed by atoms with Crippen molar-refractivity contribution in [1.82, 2.24) is 4.90 Å².